The molecule has 0 fully saturated rings. The number of hydrogen-bond donors (Lipinski definition) is 5. The number of nitrogens with zero attached hydrogens (tertiary/aromatic N) is 1. The number of amidine groups is 1. The van der Waals surface area contributed by atoms with Crippen LogP contribution >= 0.6 is 0 Å². The Hall–Kier alpha value is -4.71. The lowest BCUT2D eigenvalue weighted by molar-refractivity contribution is -0.121. The summed E-state index contributed by atoms with van der Waals surface area (Å²) in [5, 5.41) is 20.2. The van der Waals surface area contributed by atoms with Gasteiger partial charge in [0, 0.05) is 11.3 Å². The molecule has 36 heavy (non-hydrogen) atoms. The van der Waals surface area contributed by atoms with Crippen LogP contribution in [-0.2, 0) is 4.79 Å². The number of carbonyl (C=O) groups is 1. The minimum atomic E-state index is -0.831. The number of rotatable bonds is 11. The Kier molecular flexibility index (Phi) is 8.73. The Balaban J connectivity index is 1.93. The molecule has 0 radical (unpaired) electrons. The average Bonchev–Trinajstić information content (AvgIpc) is 2.87. The number of nitrogen functional groups attached to an aromatic ring is 1. The molecule has 0 saturated heterocycles. The minimum absolute atomic E-state index is 0.0432. The lowest BCUT2D eigenvalue weighted by Crippen LogP contribution is -2.37. The molecule has 9 nitrogen and oxygen atoms in total. The van der Waals surface area contributed by atoms with Crippen molar-refractivity contribution in [3.63, 3.8) is 0 Å². The first-order chi connectivity index (χ1) is 17.3. The average molecular weight is 487 g/mol. The number of amides is 1. The van der Waals surface area contributed by atoms with E-state index >= 15 is 0 Å². The van der Waals surface area contributed by atoms with E-state index in [2.05, 4.69) is 22.2 Å². The molecule has 6 N–H and O–H groups in total. The molecule has 3 rings (SSSR count). The number of nitrogens with one attached hydrogen (secondary N) is 4. The summed E-state index contributed by atoms with van der Waals surface area (Å²) in [6.07, 6.45) is -0.0449. The SMILES string of the molecule is CCOc1cc(C(Nc2ccc(C(=N)N)cc2)C(=O)NNc2ccccc2C#N)ccc1OC(C)C. The van der Waals surface area contributed by atoms with Crippen LogP contribution in [0.1, 0.15) is 43.5 Å². The van der Waals surface area contributed by atoms with Gasteiger partial charge in [-0.15, -0.1) is 0 Å². The van der Waals surface area contributed by atoms with Gasteiger partial charge in [-0.05, 0) is 74.9 Å². The lowest BCUT2D eigenvalue weighted by atomic mass is 10.0. The highest BCUT2D eigenvalue weighted by molar-refractivity contribution is 5.95. The van der Waals surface area contributed by atoms with Crippen molar-refractivity contribution in [2.45, 2.75) is 32.9 Å². The fourth-order valence-electron chi connectivity index (χ4n) is 3.43. The summed E-state index contributed by atoms with van der Waals surface area (Å²) in [7, 11) is 0. The maximum absolute atomic E-state index is 13.4. The molecule has 1 unspecified atom stereocenters. The van der Waals surface area contributed by atoms with Gasteiger partial charge in [0.15, 0.2) is 11.5 Å². The first-order valence-electron chi connectivity index (χ1n) is 11.5. The Bertz CT molecular complexity index is 1250. The summed E-state index contributed by atoms with van der Waals surface area (Å²) < 4.78 is 11.6. The largest absolute Gasteiger partial charge is 0.490 e. The van der Waals surface area contributed by atoms with Gasteiger partial charge >= 0.3 is 0 Å². The molecular weight excluding hydrogens is 456 g/mol. The van der Waals surface area contributed by atoms with Crippen molar-refractivity contribution < 1.29 is 14.3 Å². The quantitative estimate of drug-likeness (QED) is 0.154. The van der Waals surface area contributed by atoms with Gasteiger partial charge in [0.2, 0.25) is 0 Å². The monoisotopic (exact) mass is 486 g/mol. The number of hydrazine groups is 1. The van der Waals surface area contributed by atoms with Crippen molar-refractivity contribution in [3.8, 4) is 17.6 Å². The smallest absolute Gasteiger partial charge is 0.265 e. The topological polar surface area (TPSA) is 145 Å². The van der Waals surface area contributed by atoms with Gasteiger partial charge in [-0.25, -0.2) is 0 Å². The van der Waals surface area contributed by atoms with E-state index in [1.165, 1.54) is 0 Å². The van der Waals surface area contributed by atoms with Crippen LogP contribution in [0.5, 0.6) is 11.5 Å². The number of para-hydroxylation sites is 1. The van der Waals surface area contributed by atoms with E-state index in [1.54, 1.807) is 66.7 Å². The summed E-state index contributed by atoms with van der Waals surface area (Å²) in [4.78, 5) is 13.4. The van der Waals surface area contributed by atoms with Gasteiger partial charge in [-0.2, -0.15) is 5.26 Å². The molecule has 0 saturated carbocycles. The Labute approximate surface area is 210 Å². The molecule has 0 bridgehead atoms. The molecule has 3 aromatic rings. The molecular formula is C27H30N6O3. The second kappa shape index (κ2) is 12.1. The van der Waals surface area contributed by atoms with Gasteiger partial charge in [-0.3, -0.25) is 21.1 Å². The Morgan fingerprint density at radius 3 is 2.44 bits per heavy atom. The highest BCUT2D eigenvalue weighted by atomic mass is 16.5. The first-order valence-corrected chi connectivity index (χ1v) is 11.5. The van der Waals surface area contributed by atoms with Gasteiger partial charge in [0.1, 0.15) is 17.9 Å². The van der Waals surface area contributed by atoms with E-state index < -0.39 is 11.9 Å². The van der Waals surface area contributed by atoms with Crippen LogP contribution in [0.4, 0.5) is 11.4 Å². The fourth-order valence-corrected chi connectivity index (χ4v) is 3.43. The van der Waals surface area contributed by atoms with Crippen molar-refractivity contribution in [3.05, 3.63) is 83.4 Å². The van der Waals surface area contributed by atoms with Gasteiger partial charge in [0.25, 0.3) is 5.91 Å². The Morgan fingerprint density at radius 2 is 1.81 bits per heavy atom. The predicted molar refractivity (Wildman–Crippen MR) is 140 cm³/mol. The van der Waals surface area contributed by atoms with E-state index in [0.717, 1.165) is 0 Å². The van der Waals surface area contributed by atoms with Crippen LogP contribution in [0.25, 0.3) is 0 Å². The second-order valence-corrected chi connectivity index (χ2v) is 8.15. The molecule has 0 heterocycles. The van der Waals surface area contributed by atoms with Gasteiger partial charge < -0.3 is 20.5 Å². The number of carbonyl (C=O) groups excluding carboxylic acids is 1. The molecule has 3 aromatic carbocycles. The minimum Gasteiger partial charge on any atom is -0.490 e. The van der Waals surface area contributed by atoms with Crippen LogP contribution in [-0.4, -0.2) is 24.5 Å². The molecule has 1 atom stereocenters. The zero-order valence-electron chi connectivity index (χ0n) is 20.5. The summed E-state index contributed by atoms with van der Waals surface area (Å²) in [5.41, 5.74) is 13.8. The molecule has 1 amide bonds. The normalized spacial score (nSPS) is 11.2. The molecule has 186 valence electrons. The van der Waals surface area contributed by atoms with E-state index in [0.29, 0.717) is 46.2 Å². The van der Waals surface area contributed by atoms with E-state index in [-0.39, 0.29) is 11.9 Å². The highest BCUT2D eigenvalue weighted by Gasteiger charge is 2.23. The zero-order valence-corrected chi connectivity index (χ0v) is 20.5. The maximum Gasteiger partial charge on any atom is 0.265 e. The van der Waals surface area contributed by atoms with Gasteiger partial charge in [-0.1, -0.05) is 18.2 Å². The maximum atomic E-state index is 13.4. The van der Waals surface area contributed by atoms with Crippen LogP contribution < -0.4 is 31.4 Å². The first kappa shape index (κ1) is 25.9. The number of nitriles is 1. The van der Waals surface area contributed by atoms with Crippen molar-refractivity contribution in [2.75, 3.05) is 17.3 Å². The predicted octanol–water partition coefficient (Wildman–Crippen LogP) is 4.32. The van der Waals surface area contributed by atoms with E-state index in [1.807, 2.05) is 20.8 Å². The highest BCUT2D eigenvalue weighted by Crippen LogP contribution is 2.33. The number of benzene rings is 3. The number of nitrogens with two attached hydrogens (primary N) is 1. The van der Waals surface area contributed by atoms with Crippen LogP contribution in [0, 0.1) is 16.7 Å². The second-order valence-electron chi connectivity index (χ2n) is 8.15. The zero-order chi connectivity index (χ0) is 26.1. The van der Waals surface area contributed by atoms with Crippen LogP contribution in [0.2, 0.25) is 0 Å². The van der Waals surface area contributed by atoms with Crippen molar-refractivity contribution in [1.82, 2.24) is 5.43 Å². The molecule has 0 aliphatic rings. The molecule has 0 aromatic heterocycles. The third kappa shape index (κ3) is 6.67. The number of ether oxygens (including phenoxy) is 2. The van der Waals surface area contributed by atoms with Crippen molar-refractivity contribution in [1.29, 1.82) is 10.7 Å². The van der Waals surface area contributed by atoms with Crippen molar-refractivity contribution >= 4 is 23.1 Å². The third-order valence-corrected chi connectivity index (χ3v) is 5.10. The molecule has 0 spiro atoms. The van der Waals surface area contributed by atoms with E-state index in [4.69, 9.17) is 20.6 Å². The summed E-state index contributed by atoms with van der Waals surface area (Å²) >= 11 is 0. The molecule has 0 aliphatic carbocycles. The van der Waals surface area contributed by atoms with Crippen molar-refractivity contribution in [2.24, 2.45) is 5.73 Å². The lowest BCUT2D eigenvalue weighted by Gasteiger charge is -2.23. The number of hydrogen-bond acceptors (Lipinski definition) is 7. The summed E-state index contributed by atoms with van der Waals surface area (Å²) in [6.45, 7) is 6.16. The molecule has 0 aliphatic heterocycles. The standard InChI is InChI=1S/C27H30N6O3/c1-4-35-24-15-19(11-14-23(24)36-17(2)3)25(31-21-12-9-18(10-13-21)26(29)30)27(34)33-32-22-8-6-5-7-20(22)16-28/h5-15,17,25,31-32H,4H2,1-3H3,(H3,29,30)(H,33,34). The molecule has 9 heteroatoms. The summed E-state index contributed by atoms with van der Waals surface area (Å²) in [5.74, 6) is 0.677. The Morgan fingerprint density at radius 1 is 1.08 bits per heavy atom. The third-order valence-electron chi connectivity index (χ3n) is 5.10. The summed E-state index contributed by atoms with van der Waals surface area (Å²) in [6, 6.07) is 20.4. The van der Waals surface area contributed by atoms with E-state index in [9.17, 15) is 10.1 Å². The van der Waals surface area contributed by atoms with Crippen LogP contribution in [0.15, 0.2) is 66.7 Å². The fraction of sp³-hybridized carbons (Fsp3) is 0.222. The number of anilines is 2. The van der Waals surface area contributed by atoms with Crippen LogP contribution in [0.3, 0.4) is 0 Å². The van der Waals surface area contributed by atoms with Gasteiger partial charge in [0.05, 0.1) is 24.0 Å².